The minimum absolute atomic E-state index is 0.000963. The van der Waals surface area contributed by atoms with E-state index < -0.39 is 28.1 Å². The number of hydrogen-bond acceptors (Lipinski definition) is 4. The Hall–Kier alpha value is -2.51. The Morgan fingerprint density at radius 3 is 2.57 bits per heavy atom. The number of nitro groups is 1. The van der Waals surface area contributed by atoms with E-state index >= 15 is 0 Å². The van der Waals surface area contributed by atoms with Crippen LogP contribution >= 0.6 is 0 Å². The Morgan fingerprint density at radius 1 is 1.43 bits per heavy atom. The van der Waals surface area contributed by atoms with Crippen LogP contribution in [0.5, 0.6) is 0 Å². The van der Waals surface area contributed by atoms with Gasteiger partial charge in [-0.15, -0.1) is 0 Å². The second-order valence-corrected chi connectivity index (χ2v) is 4.50. The van der Waals surface area contributed by atoms with E-state index in [-0.39, 0.29) is 17.8 Å². The van der Waals surface area contributed by atoms with Crippen molar-refractivity contribution < 1.29 is 18.9 Å². The number of likely N-dealkylation sites (N-methyl/N-ethyl adjacent to an activating group) is 2. The molecule has 2 amide bonds. The Morgan fingerprint density at radius 2 is 2.05 bits per heavy atom. The third-order valence-corrected chi connectivity index (χ3v) is 2.78. The van der Waals surface area contributed by atoms with E-state index in [0.29, 0.717) is 6.54 Å². The highest BCUT2D eigenvalue weighted by molar-refractivity contribution is 5.97. The molecule has 0 bridgehead atoms. The molecule has 1 aromatic rings. The van der Waals surface area contributed by atoms with Crippen molar-refractivity contribution in [3.05, 3.63) is 39.2 Å². The smallest absolute Gasteiger partial charge is 0.270 e. The molecule has 0 radical (unpaired) electrons. The summed E-state index contributed by atoms with van der Waals surface area (Å²) >= 11 is 0. The summed E-state index contributed by atoms with van der Waals surface area (Å²) in [6.45, 7) is 3.21. The number of benzene rings is 1. The van der Waals surface area contributed by atoms with Crippen LogP contribution in [-0.2, 0) is 4.79 Å². The number of nitrogens with zero attached hydrogens (tertiary/aromatic N) is 2. The fourth-order valence-corrected chi connectivity index (χ4v) is 1.76. The summed E-state index contributed by atoms with van der Waals surface area (Å²) in [4.78, 5) is 34.6. The standard InChI is InChI=1S/C13H16FN3O4/c1-4-15-11(18)7-16(3)13(19)10-6-9(17(20)21)5-8(2)12(10)14/h5-6H,4,7H2,1-3H3,(H,15,18). The van der Waals surface area contributed by atoms with Crippen LogP contribution < -0.4 is 5.32 Å². The molecule has 0 saturated heterocycles. The zero-order valence-corrected chi connectivity index (χ0v) is 12.0. The van der Waals surface area contributed by atoms with E-state index in [1.807, 2.05) is 0 Å². The van der Waals surface area contributed by atoms with Crippen molar-refractivity contribution in [2.75, 3.05) is 20.1 Å². The van der Waals surface area contributed by atoms with Crippen LogP contribution in [0.2, 0.25) is 0 Å². The average Bonchev–Trinajstić information content (AvgIpc) is 2.40. The molecule has 1 rings (SSSR count). The lowest BCUT2D eigenvalue weighted by atomic mass is 10.1. The fraction of sp³-hybridized carbons (Fsp3) is 0.385. The zero-order chi connectivity index (χ0) is 16.2. The lowest BCUT2D eigenvalue weighted by molar-refractivity contribution is -0.385. The third-order valence-electron chi connectivity index (χ3n) is 2.78. The van der Waals surface area contributed by atoms with E-state index in [0.717, 1.165) is 17.0 Å². The number of nitrogens with one attached hydrogen (secondary N) is 1. The van der Waals surface area contributed by atoms with Gasteiger partial charge in [0.25, 0.3) is 11.6 Å². The molecule has 8 heteroatoms. The average molecular weight is 297 g/mol. The van der Waals surface area contributed by atoms with Crippen LogP contribution in [0, 0.1) is 22.9 Å². The predicted octanol–water partition coefficient (Wildman–Crippen LogP) is 1.25. The molecule has 0 aliphatic rings. The van der Waals surface area contributed by atoms with Crippen LogP contribution in [0.15, 0.2) is 12.1 Å². The molecule has 0 unspecified atom stereocenters. The Bertz CT molecular complexity index is 589. The summed E-state index contributed by atoms with van der Waals surface area (Å²) in [6.07, 6.45) is 0. The van der Waals surface area contributed by atoms with E-state index in [1.54, 1.807) is 6.92 Å². The molecule has 0 aromatic heterocycles. The van der Waals surface area contributed by atoms with Gasteiger partial charge in [-0.25, -0.2) is 4.39 Å². The lowest BCUT2D eigenvalue weighted by Crippen LogP contribution is -2.38. The van der Waals surface area contributed by atoms with E-state index in [1.165, 1.54) is 14.0 Å². The number of amides is 2. The highest BCUT2D eigenvalue weighted by Gasteiger charge is 2.23. The van der Waals surface area contributed by atoms with Crippen LogP contribution in [0.3, 0.4) is 0 Å². The first-order chi connectivity index (χ1) is 9.77. The third kappa shape index (κ3) is 3.98. The molecular weight excluding hydrogens is 281 g/mol. The van der Waals surface area contributed by atoms with Gasteiger partial charge in [-0.3, -0.25) is 19.7 Å². The topological polar surface area (TPSA) is 92.6 Å². The minimum Gasteiger partial charge on any atom is -0.355 e. The molecule has 1 aromatic carbocycles. The number of non-ortho nitro benzene ring substituents is 1. The van der Waals surface area contributed by atoms with Gasteiger partial charge >= 0.3 is 0 Å². The zero-order valence-electron chi connectivity index (χ0n) is 12.0. The van der Waals surface area contributed by atoms with Crippen molar-refractivity contribution in [3.8, 4) is 0 Å². The molecule has 0 atom stereocenters. The van der Waals surface area contributed by atoms with Crippen LogP contribution in [-0.4, -0.2) is 41.8 Å². The molecule has 7 nitrogen and oxygen atoms in total. The quantitative estimate of drug-likeness (QED) is 0.654. The maximum atomic E-state index is 14.0. The van der Waals surface area contributed by atoms with Crippen molar-refractivity contribution in [2.45, 2.75) is 13.8 Å². The lowest BCUT2D eigenvalue weighted by Gasteiger charge is -2.17. The SMILES string of the molecule is CCNC(=O)CN(C)C(=O)c1cc([N+](=O)[O-])cc(C)c1F. The maximum absolute atomic E-state index is 14.0. The molecular formula is C13H16FN3O4. The van der Waals surface area contributed by atoms with Crippen molar-refractivity contribution in [3.63, 3.8) is 0 Å². The molecule has 0 spiro atoms. The van der Waals surface area contributed by atoms with Gasteiger partial charge in [-0.2, -0.15) is 0 Å². The van der Waals surface area contributed by atoms with Gasteiger partial charge in [0.15, 0.2) is 0 Å². The van der Waals surface area contributed by atoms with Gasteiger partial charge in [0, 0.05) is 25.7 Å². The first-order valence-corrected chi connectivity index (χ1v) is 6.24. The summed E-state index contributed by atoms with van der Waals surface area (Å²) < 4.78 is 14.0. The molecule has 0 saturated carbocycles. The molecule has 0 heterocycles. The van der Waals surface area contributed by atoms with Gasteiger partial charge in [0.2, 0.25) is 5.91 Å². The van der Waals surface area contributed by atoms with Crippen molar-refractivity contribution in [1.29, 1.82) is 0 Å². The number of aryl methyl sites for hydroxylation is 1. The number of nitro benzene ring substituents is 1. The normalized spacial score (nSPS) is 10.1. The largest absolute Gasteiger partial charge is 0.355 e. The molecule has 1 N–H and O–H groups in total. The van der Waals surface area contributed by atoms with Gasteiger partial charge in [0.1, 0.15) is 5.82 Å². The summed E-state index contributed by atoms with van der Waals surface area (Å²) in [5.41, 5.74) is -0.795. The first kappa shape index (κ1) is 16.5. The van der Waals surface area contributed by atoms with E-state index in [4.69, 9.17) is 0 Å². The van der Waals surface area contributed by atoms with Gasteiger partial charge in [-0.1, -0.05) is 0 Å². The molecule has 0 aliphatic carbocycles. The summed E-state index contributed by atoms with van der Waals surface area (Å²) in [6, 6.07) is 1.93. The molecule has 0 fully saturated rings. The van der Waals surface area contributed by atoms with E-state index in [9.17, 15) is 24.1 Å². The van der Waals surface area contributed by atoms with Crippen molar-refractivity contribution in [2.24, 2.45) is 0 Å². The predicted molar refractivity (Wildman–Crippen MR) is 73.4 cm³/mol. The Labute approximate surface area is 120 Å². The first-order valence-electron chi connectivity index (χ1n) is 6.24. The molecule has 114 valence electrons. The van der Waals surface area contributed by atoms with Crippen LogP contribution in [0.4, 0.5) is 10.1 Å². The Kier molecular flexibility index (Phi) is 5.34. The van der Waals surface area contributed by atoms with Gasteiger partial charge in [0.05, 0.1) is 17.0 Å². The maximum Gasteiger partial charge on any atom is 0.270 e. The van der Waals surface area contributed by atoms with Gasteiger partial charge < -0.3 is 10.2 Å². The number of rotatable bonds is 5. The summed E-state index contributed by atoms with van der Waals surface area (Å²) in [7, 11) is 1.32. The van der Waals surface area contributed by atoms with Crippen molar-refractivity contribution >= 4 is 17.5 Å². The fourth-order valence-electron chi connectivity index (χ4n) is 1.76. The monoisotopic (exact) mass is 297 g/mol. The highest BCUT2D eigenvalue weighted by Crippen LogP contribution is 2.22. The number of carbonyl (C=O) groups excluding carboxylic acids is 2. The number of hydrogen-bond donors (Lipinski definition) is 1. The molecule has 0 aliphatic heterocycles. The molecule has 21 heavy (non-hydrogen) atoms. The highest BCUT2D eigenvalue weighted by atomic mass is 19.1. The van der Waals surface area contributed by atoms with Crippen LogP contribution in [0.1, 0.15) is 22.8 Å². The summed E-state index contributed by atoms with van der Waals surface area (Å²) in [5, 5.41) is 13.3. The Balaban J connectivity index is 3.06. The minimum atomic E-state index is -0.826. The second-order valence-electron chi connectivity index (χ2n) is 4.50. The van der Waals surface area contributed by atoms with Gasteiger partial charge in [-0.05, 0) is 19.4 Å². The number of halogens is 1. The van der Waals surface area contributed by atoms with Crippen molar-refractivity contribution in [1.82, 2.24) is 10.2 Å². The summed E-state index contributed by atoms with van der Waals surface area (Å²) in [5.74, 6) is -2.00. The van der Waals surface area contributed by atoms with E-state index in [2.05, 4.69) is 5.32 Å². The second kappa shape index (κ2) is 6.78. The number of carbonyl (C=O) groups is 2. The van der Waals surface area contributed by atoms with Crippen LogP contribution in [0.25, 0.3) is 0 Å².